The van der Waals surface area contributed by atoms with Crippen molar-refractivity contribution in [3.05, 3.63) is 146 Å². The van der Waals surface area contributed by atoms with Crippen molar-refractivity contribution in [2.24, 2.45) is 5.16 Å². The molecule has 0 amide bonds. The lowest BCUT2D eigenvalue weighted by Crippen LogP contribution is -2.37. The van der Waals surface area contributed by atoms with Gasteiger partial charge in [-0.1, -0.05) is 120 Å². The molecule has 0 atom stereocenters. The highest BCUT2D eigenvalue weighted by atomic mass is 31.2. The minimum Gasteiger partial charge on any atom is -0.410 e. The molecular formula is C28H20NO3P. The van der Waals surface area contributed by atoms with Gasteiger partial charge in [-0.15, -0.1) is 0 Å². The second-order valence-corrected chi connectivity index (χ2v) is 11.0. The van der Waals surface area contributed by atoms with Gasteiger partial charge < -0.3 is 5.21 Å². The Kier molecular flexibility index (Phi) is 5.37. The van der Waals surface area contributed by atoms with Gasteiger partial charge in [0.25, 0.3) is 0 Å². The fourth-order valence-corrected chi connectivity index (χ4v) is 8.91. The predicted molar refractivity (Wildman–Crippen MR) is 135 cm³/mol. The molecule has 0 heterocycles. The first-order valence-electron chi connectivity index (χ1n) is 10.5. The average Bonchev–Trinajstić information content (AvgIpc) is 2.88. The van der Waals surface area contributed by atoms with Gasteiger partial charge in [0.1, 0.15) is 0 Å². The number of hydrogen-bond donors (Lipinski definition) is 1. The van der Waals surface area contributed by atoms with Crippen molar-refractivity contribution in [1.82, 2.24) is 0 Å². The van der Waals surface area contributed by atoms with E-state index in [1.807, 2.05) is 91.0 Å². The van der Waals surface area contributed by atoms with E-state index in [-0.39, 0.29) is 15.7 Å². The van der Waals surface area contributed by atoms with E-state index in [1.54, 1.807) is 24.3 Å². The fraction of sp³-hybridized carbons (Fsp3) is 0. The van der Waals surface area contributed by atoms with Crippen LogP contribution in [0.5, 0.6) is 0 Å². The third kappa shape index (κ3) is 3.19. The van der Waals surface area contributed by atoms with Crippen molar-refractivity contribution in [2.45, 2.75) is 0 Å². The molecule has 5 aromatic rings. The molecule has 4 nitrogen and oxygen atoms in total. The minimum absolute atomic E-state index is 0.104. The van der Waals surface area contributed by atoms with Crippen LogP contribution in [0.15, 0.2) is 130 Å². The highest BCUT2D eigenvalue weighted by Crippen LogP contribution is 2.45. The highest BCUT2D eigenvalue weighted by Gasteiger charge is 2.29. The molecule has 0 spiro atoms. The molecular weight excluding hydrogens is 429 g/mol. The summed E-state index contributed by atoms with van der Waals surface area (Å²) in [6.07, 6.45) is 0. The Labute approximate surface area is 190 Å². The fourth-order valence-electron chi connectivity index (χ4n) is 4.55. The number of fused-ring (bicyclic) bond motifs is 1. The van der Waals surface area contributed by atoms with Gasteiger partial charge in [0.05, 0.1) is 4.94 Å². The van der Waals surface area contributed by atoms with E-state index in [0.717, 1.165) is 15.9 Å². The second-order valence-electron chi connectivity index (χ2n) is 7.68. The van der Waals surface area contributed by atoms with Crippen LogP contribution >= 0.6 is 6.89 Å². The van der Waals surface area contributed by atoms with Gasteiger partial charge in [-0.05, 0) is 22.8 Å². The molecule has 0 aliphatic rings. The highest BCUT2D eigenvalue weighted by molar-refractivity contribution is 7.89. The summed E-state index contributed by atoms with van der Waals surface area (Å²) in [6.45, 7) is -2.92. The van der Waals surface area contributed by atoms with Crippen molar-refractivity contribution < 1.29 is 5.21 Å². The molecule has 0 bridgehead atoms. The van der Waals surface area contributed by atoms with Gasteiger partial charge in [0, 0.05) is 10.8 Å². The monoisotopic (exact) mass is 449 g/mol. The summed E-state index contributed by atoms with van der Waals surface area (Å²) in [7, 11) is 0. The molecule has 5 rings (SSSR count). The zero-order valence-electron chi connectivity index (χ0n) is 17.6. The molecule has 1 N–H and O–H groups in total. The van der Waals surface area contributed by atoms with Crippen LogP contribution in [-0.4, -0.2) is 5.21 Å². The van der Waals surface area contributed by atoms with Crippen LogP contribution in [0.4, 0.5) is 0 Å². The van der Waals surface area contributed by atoms with Crippen LogP contribution in [0.2, 0.25) is 0 Å². The largest absolute Gasteiger partial charge is 0.410 e. The number of rotatable bonds is 3. The number of benzene rings is 5. The predicted octanol–water partition coefficient (Wildman–Crippen LogP) is 3.25. The van der Waals surface area contributed by atoms with Crippen LogP contribution in [0, 0.1) is 4.94 Å². The first-order valence-corrected chi connectivity index (χ1v) is 12.3. The Balaban J connectivity index is 2.28. The normalized spacial score (nSPS) is 12.2. The maximum atomic E-state index is 14.1. The van der Waals surface area contributed by atoms with Gasteiger partial charge >= 0.3 is 0 Å². The van der Waals surface area contributed by atoms with Crippen molar-refractivity contribution in [3.63, 3.8) is 0 Å². The van der Waals surface area contributed by atoms with Crippen LogP contribution in [-0.2, 0) is 0 Å². The van der Waals surface area contributed by atoms with Gasteiger partial charge in [0.15, 0.2) is 10.8 Å². The third-order valence-corrected chi connectivity index (χ3v) is 10.2. The smallest absolute Gasteiger partial charge is 0.220 e. The zero-order valence-corrected chi connectivity index (χ0v) is 18.5. The maximum absolute atomic E-state index is 14.1. The molecule has 0 aliphatic heterocycles. The summed E-state index contributed by atoms with van der Waals surface area (Å²) in [5.41, 5.74) is -0.862. The summed E-state index contributed by atoms with van der Waals surface area (Å²) >= 11 is 0. The first-order chi connectivity index (χ1) is 16.2. The maximum Gasteiger partial charge on any atom is 0.220 e. The van der Waals surface area contributed by atoms with Gasteiger partial charge in [0.2, 0.25) is 5.43 Å². The van der Waals surface area contributed by atoms with Crippen LogP contribution in [0.25, 0.3) is 10.8 Å². The Morgan fingerprint density at radius 2 is 0.909 bits per heavy atom. The summed E-state index contributed by atoms with van der Waals surface area (Å²) in [5.74, 6) is 0. The van der Waals surface area contributed by atoms with Crippen molar-refractivity contribution in [1.29, 1.82) is 0 Å². The Hall–Kier alpha value is -4.01. The topological polar surface area (TPSA) is 66.7 Å². The summed E-state index contributed by atoms with van der Waals surface area (Å²) in [5, 5.41) is 16.5. The van der Waals surface area contributed by atoms with Crippen molar-refractivity contribution >= 4 is 33.6 Å². The molecule has 33 heavy (non-hydrogen) atoms. The first kappa shape index (κ1) is 20.9. The molecule has 0 unspecified atom stereocenters. The lowest BCUT2D eigenvalue weighted by atomic mass is 10.1. The Bertz CT molecular complexity index is 1600. The molecule has 160 valence electrons. The Morgan fingerprint density at radius 3 is 1.33 bits per heavy atom. The number of hydrogen-bond acceptors (Lipinski definition) is 4. The zero-order chi connectivity index (χ0) is 22.8. The van der Waals surface area contributed by atoms with E-state index in [2.05, 4.69) is 5.16 Å². The van der Waals surface area contributed by atoms with E-state index in [4.69, 9.17) is 0 Å². The van der Waals surface area contributed by atoms with Crippen LogP contribution in [0.3, 0.4) is 0 Å². The van der Waals surface area contributed by atoms with Gasteiger partial charge in [-0.25, -0.2) is 0 Å². The minimum atomic E-state index is -2.92. The molecule has 5 aromatic carbocycles. The quantitative estimate of drug-likeness (QED) is 0.261. The lowest BCUT2D eigenvalue weighted by molar-refractivity contribution is 0.302. The van der Waals surface area contributed by atoms with E-state index in [9.17, 15) is 14.8 Å². The number of nitrogens with zero attached hydrogens (tertiary/aromatic N) is 1. The second kappa shape index (κ2) is 8.50. The van der Waals surface area contributed by atoms with E-state index in [0.29, 0.717) is 10.8 Å². The van der Waals surface area contributed by atoms with Crippen LogP contribution < -0.4 is 32.1 Å². The van der Waals surface area contributed by atoms with E-state index >= 15 is 0 Å². The van der Waals surface area contributed by atoms with Gasteiger partial charge in [-0.2, -0.15) is 0 Å². The molecule has 5 heteroatoms. The SMILES string of the molecule is O=c1c(=P(c2ccccc2)(c2ccccc2)c2ccccc2)c(=O)c2ccccc2c1=NO. The van der Waals surface area contributed by atoms with Crippen molar-refractivity contribution in [2.75, 3.05) is 0 Å². The molecule has 0 radical (unpaired) electrons. The summed E-state index contributed by atoms with van der Waals surface area (Å²) in [6, 6.07) is 35.9. The molecule has 0 saturated carbocycles. The standard InChI is InChI=1S/C28H20NO3P/c30-26-24-19-11-10-18-23(24)25(29-32)27(31)28(26)33(20-12-4-1-5-13-20,21-14-6-2-7-15-21)22-16-8-3-9-17-22/h1-19,32H. The molecule has 0 fully saturated rings. The Morgan fingerprint density at radius 1 is 0.515 bits per heavy atom. The third-order valence-electron chi connectivity index (χ3n) is 5.94. The van der Waals surface area contributed by atoms with E-state index < -0.39 is 12.3 Å². The molecule has 0 aromatic heterocycles. The lowest BCUT2D eigenvalue weighted by Gasteiger charge is -2.28. The van der Waals surface area contributed by atoms with Crippen molar-refractivity contribution in [3.8, 4) is 0 Å². The summed E-state index contributed by atoms with van der Waals surface area (Å²) < 4.78 is 0. The average molecular weight is 449 g/mol. The summed E-state index contributed by atoms with van der Waals surface area (Å²) in [4.78, 5) is 28.2. The van der Waals surface area contributed by atoms with Crippen LogP contribution in [0.1, 0.15) is 0 Å². The van der Waals surface area contributed by atoms with Gasteiger partial charge in [-0.3, -0.25) is 9.59 Å². The molecule has 0 saturated heterocycles. The molecule has 0 aliphatic carbocycles. The van der Waals surface area contributed by atoms with E-state index in [1.165, 1.54) is 0 Å².